The third-order valence-corrected chi connectivity index (χ3v) is 5.32. The van der Waals surface area contributed by atoms with Crippen LogP contribution in [-0.4, -0.2) is 38.4 Å². The van der Waals surface area contributed by atoms with E-state index in [1.54, 1.807) is 49.6 Å². The SMILES string of the molecule is COc1ccc(NC(=O)CSc2ccc(NC(=O)COc3ccccc3)cc2)c(OC)c1. The number of thioether (sulfide) groups is 1. The average Bonchev–Trinajstić information content (AvgIpc) is 2.83. The maximum Gasteiger partial charge on any atom is 0.262 e. The predicted octanol–water partition coefficient (Wildman–Crippen LogP) is 4.45. The third-order valence-electron chi connectivity index (χ3n) is 4.30. The summed E-state index contributed by atoms with van der Waals surface area (Å²) < 4.78 is 15.9. The molecular formula is C24H24N2O5S. The highest BCUT2D eigenvalue weighted by atomic mass is 32.2. The van der Waals surface area contributed by atoms with Gasteiger partial charge in [0.05, 0.1) is 25.7 Å². The normalized spacial score (nSPS) is 10.2. The molecule has 7 nitrogen and oxygen atoms in total. The number of anilines is 2. The maximum absolute atomic E-state index is 12.3. The van der Waals surface area contributed by atoms with Crippen LogP contribution in [0.25, 0.3) is 0 Å². The van der Waals surface area contributed by atoms with Gasteiger partial charge in [0, 0.05) is 16.6 Å². The zero-order valence-electron chi connectivity index (χ0n) is 17.8. The van der Waals surface area contributed by atoms with Crippen LogP contribution in [0.1, 0.15) is 0 Å². The molecule has 0 saturated carbocycles. The third kappa shape index (κ3) is 6.95. The molecule has 0 radical (unpaired) electrons. The highest BCUT2D eigenvalue weighted by Gasteiger charge is 2.10. The Kier molecular flexibility index (Phi) is 8.39. The molecule has 2 amide bonds. The number of hydrogen-bond acceptors (Lipinski definition) is 6. The second-order valence-corrected chi connectivity index (χ2v) is 7.63. The minimum atomic E-state index is -0.248. The molecule has 166 valence electrons. The molecule has 0 bridgehead atoms. The lowest BCUT2D eigenvalue weighted by Gasteiger charge is -2.11. The second-order valence-electron chi connectivity index (χ2n) is 6.58. The summed E-state index contributed by atoms with van der Waals surface area (Å²) in [6.45, 7) is -0.0739. The molecule has 0 atom stereocenters. The highest BCUT2D eigenvalue weighted by Crippen LogP contribution is 2.29. The summed E-state index contributed by atoms with van der Waals surface area (Å²) in [6.07, 6.45) is 0. The van der Waals surface area contributed by atoms with E-state index in [0.29, 0.717) is 28.6 Å². The topological polar surface area (TPSA) is 85.9 Å². The molecule has 0 fully saturated rings. The molecule has 32 heavy (non-hydrogen) atoms. The van der Waals surface area contributed by atoms with Gasteiger partial charge in [-0.15, -0.1) is 11.8 Å². The molecule has 0 aliphatic heterocycles. The van der Waals surface area contributed by atoms with Crippen LogP contribution in [0.15, 0.2) is 77.7 Å². The smallest absolute Gasteiger partial charge is 0.262 e. The van der Waals surface area contributed by atoms with Crippen molar-refractivity contribution in [3.63, 3.8) is 0 Å². The fourth-order valence-electron chi connectivity index (χ4n) is 2.73. The summed E-state index contributed by atoms with van der Waals surface area (Å²) >= 11 is 1.39. The number of para-hydroxylation sites is 1. The maximum atomic E-state index is 12.3. The molecule has 3 rings (SSSR count). The van der Waals surface area contributed by atoms with E-state index in [0.717, 1.165) is 4.90 Å². The molecule has 8 heteroatoms. The van der Waals surface area contributed by atoms with Crippen molar-refractivity contribution in [2.75, 3.05) is 37.2 Å². The number of carbonyl (C=O) groups is 2. The van der Waals surface area contributed by atoms with Crippen LogP contribution >= 0.6 is 11.8 Å². The van der Waals surface area contributed by atoms with Gasteiger partial charge in [-0.05, 0) is 48.5 Å². The summed E-state index contributed by atoms with van der Waals surface area (Å²) in [5.74, 6) is 1.63. The lowest BCUT2D eigenvalue weighted by atomic mass is 10.2. The van der Waals surface area contributed by atoms with Gasteiger partial charge in [0.2, 0.25) is 5.91 Å². The van der Waals surface area contributed by atoms with Gasteiger partial charge in [0.25, 0.3) is 5.91 Å². The zero-order chi connectivity index (χ0) is 22.8. The quantitative estimate of drug-likeness (QED) is 0.442. The van der Waals surface area contributed by atoms with Crippen molar-refractivity contribution in [2.45, 2.75) is 4.90 Å². The van der Waals surface area contributed by atoms with Gasteiger partial charge in [-0.1, -0.05) is 18.2 Å². The van der Waals surface area contributed by atoms with E-state index in [9.17, 15) is 9.59 Å². The first-order valence-corrected chi connectivity index (χ1v) is 10.8. The monoisotopic (exact) mass is 452 g/mol. The van der Waals surface area contributed by atoms with Gasteiger partial charge in [-0.2, -0.15) is 0 Å². The number of methoxy groups -OCH3 is 2. The minimum Gasteiger partial charge on any atom is -0.497 e. The van der Waals surface area contributed by atoms with E-state index in [1.165, 1.54) is 18.9 Å². The Morgan fingerprint density at radius 1 is 0.812 bits per heavy atom. The van der Waals surface area contributed by atoms with E-state index in [-0.39, 0.29) is 24.2 Å². The van der Waals surface area contributed by atoms with E-state index in [1.807, 2.05) is 30.3 Å². The van der Waals surface area contributed by atoms with Gasteiger partial charge in [0.1, 0.15) is 17.2 Å². The van der Waals surface area contributed by atoms with Crippen LogP contribution in [0.4, 0.5) is 11.4 Å². The number of nitrogens with one attached hydrogen (secondary N) is 2. The number of rotatable bonds is 10. The summed E-state index contributed by atoms with van der Waals surface area (Å²) in [5, 5.41) is 5.62. The van der Waals surface area contributed by atoms with Crippen molar-refractivity contribution in [3.8, 4) is 17.2 Å². The Bertz CT molecular complexity index is 1040. The number of benzene rings is 3. The van der Waals surface area contributed by atoms with Crippen LogP contribution < -0.4 is 24.8 Å². The van der Waals surface area contributed by atoms with Crippen LogP contribution in [0.3, 0.4) is 0 Å². The second kappa shape index (κ2) is 11.7. The van der Waals surface area contributed by atoms with Gasteiger partial charge in [-0.25, -0.2) is 0 Å². The Morgan fingerprint density at radius 3 is 2.25 bits per heavy atom. The van der Waals surface area contributed by atoms with Gasteiger partial charge >= 0.3 is 0 Å². The van der Waals surface area contributed by atoms with Crippen molar-refractivity contribution < 1.29 is 23.8 Å². The molecule has 3 aromatic rings. The van der Waals surface area contributed by atoms with Crippen LogP contribution in [-0.2, 0) is 9.59 Å². The minimum absolute atomic E-state index is 0.0739. The Labute approximate surface area is 191 Å². The lowest BCUT2D eigenvalue weighted by Crippen LogP contribution is -2.20. The molecule has 0 saturated heterocycles. The summed E-state index contributed by atoms with van der Waals surface area (Å²) in [7, 11) is 3.10. The van der Waals surface area contributed by atoms with Crippen molar-refractivity contribution in [1.29, 1.82) is 0 Å². The molecule has 0 unspecified atom stereocenters. The van der Waals surface area contributed by atoms with Crippen LogP contribution in [0.2, 0.25) is 0 Å². The summed E-state index contributed by atoms with van der Waals surface area (Å²) in [4.78, 5) is 25.3. The zero-order valence-corrected chi connectivity index (χ0v) is 18.6. The molecule has 0 heterocycles. The fraction of sp³-hybridized carbons (Fsp3) is 0.167. The standard InChI is InChI=1S/C24H24N2O5S/c1-29-19-10-13-21(22(14-19)30-2)26-24(28)16-32-20-11-8-17(9-12-20)25-23(27)15-31-18-6-4-3-5-7-18/h3-14H,15-16H2,1-2H3,(H,25,27)(H,26,28). The lowest BCUT2D eigenvalue weighted by molar-refractivity contribution is -0.118. The molecule has 0 aliphatic carbocycles. The number of amides is 2. The van der Waals surface area contributed by atoms with Crippen molar-refractivity contribution in [1.82, 2.24) is 0 Å². The van der Waals surface area contributed by atoms with Crippen LogP contribution in [0, 0.1) is 0 Å². The average molecular weight is 453 g/mol. The molecule has 0 aromatic heterocycles. The van der Waals surface area contributed by atoms with E-state index in [4.69, 9.17) is 14.2 Å². The Hall–Kier alpha value is -3.65. The van der Waals surface area contributed by atoms with E-state index in [2.05, 4.69) is 10.6 Å². The molecule has 2 N–H and O–H groups in total. The largest absolute Gasteiger partial charge is 0.497 e. The Balaban J connectivity index is 1.45. The predicted molar refractivity (Wildman–Crippen MR) is 126 cm³/mol. The van der Waals surface area contributed by atoms with Gasteiger partial charge in [0.15, 0.2) is 6.61 Å². The molecular weight excluding hydrogens is 428 g/mol. The number of ether oxygens (including phenoxy) is 3. The summed E-state index contributed by atoms with van der Waals surface area (Å²) in [6, 6.07) is 21.6. The van der Waals surface area contributed by atoms with Gasteiger partial charge < -0.3 is 24.8 Å². The van der Waals surface area contributed by atoms with Crippen molar-refractivity contribution in [3.05, 3.63) is 72.8 Å². The summed E-state index contributed by atoms with van der Waals surface area (Å²) in [5.41, 5.74) is 1.23. The first-order chi connectivity index (χ1) is 15.6. The number of hydrogen-bond donors (Lipinski definition) is 2. The molecule has 3 aromatic carbocycles. The molecule has 0 spiro atoms. The molecule has 0 aliphatic rings. The van der Waals surface area contributed by atoms with Crippen LogP contribution in [0.5, 0.6) is 17.2 Å². The van der Waals surface area contributed by atoms with E-state index < -0.39 is 0 Å². The highest BCUT2D eigenvalue weighted by molar-refractivity contribution is 8.00. The Morgan fingerprint density at radius 2 is 1.56 bits per heavy atom. The first-order valence-electron chi connectivity index (χ1n) is 9.80. The fourth-order valence-corrected chi connectivity index (χ4v) is 3.43. The van der Waals surface area contributed by atoms with E-state index >= 15 is 0 Å². The van der Waals surface area contributed by atoms with Gasteiger partial charge in [-0.3, -0.25) is 9.59 Å². The number of carbonyl (C=O) groups excluding carboxylic acids is 2. The van der Waals surface area contributed by atoms with Crippen molar-refractivity contribution in [2.24, 2.45) is 0 Å². The first kappa shape index (κ1) is 23.0. The van der Waals surface area contributed by atoms with Crippen molar-refractivity contribution >= 4 is 35.0 Å².